The molecule has 0 saturated heterocycles. The van der Waals surface area contributed by atoms with E-state index in [0.717, 1.165) is 15.6 Å². The number of hydrogen-bond donors (Lipinski definition) is 1. The maximum Gasteiger partial charge on any atom is 0.272 e. The van der Waals surface area contributed by atoms with Gasteiger partial charge >= 0.3 is 0 Å². The molecule has 1 amide bonds. The second-order valence-electron chi connectivity index (χ2n) is 6.30. The zero-order valence-electron chi connectivity index (χ0n) is 15.7. The van der Waals surface area contributed by atoms with Crippen molar-refractivity contribution in [3.63, 3.8) is 0 Å². The van der Waals surface area contributed by atoms with Gasteiger partial charge in [0.15, 0.2) is 0 Å². The monoisotopic (exact) mass is 456 g/mol. The van der Waals surface area contributed by atoms with Crippen LogP contribution in [0.25, 0.3) is 11.4 Å². The van der Waals surface area contributed by atoms with Crippen LogP contribution >= 0.6 is 22.9 Å². The minimum atomic E-state index is -3.96. The summed E-state index contributed by atoms with van der Waals surface area (Å²) in [5.41, 5.74) is 0.646. The molecule has 13 heteroatoms. The Morgan fingerprint density at radius 1 is 1.34 bits per heavy atom. The highest BCUT2D eigenvalue weighted by molar-refractivity contribution is 7.91. The van der Waals surface area contributed by atoms with E-state index in [0.29, 0.717) is 16.4 Å². The molecule has 29 heavy (non-hydrogen) atoms. The zero-order valence-corrected chi connectivity index (χ0v) is 18.0. The lowest BCUT2D eigenvalue weighted by molar-refractivity contribution is -0.118. The Morgan fingerprint density at radius 3 is 2.79 bits per heavy atom. The first-order valence-electron chi connectivity index (χ1n) is 8.36. The largest absolute Gasteiger partial charge is 0.338 e. The molecule has 0 atom stereocenters. The Labute approximate surface area is 176 Å². The minimum absolute atomic E-state index is 0.101. The van der Waals surface area contributed by atoms with Gasteiger partial charge in [0.25, 0.3) is 10.0 Å². The lowest BCUT2D eigenvalue weighted by atomic mass is 10.2. The van der Waals surface area contributed by atoms with Gasteiger partial charge in [0.2, 0.25) is 27.1 Å². The van der Waals surface area contributed by atoms with Crippen molar-refractivity contribution < 1.29 is 17.7 Å². The lowest BCUT2D eigenvalue weighted by Gasteiger charge is -2.11. The van der Waals surface area contributed by atoms with Crippen LogP contribution in [0, 0.1) is 5.92 Å². The Bertz CT molecular complexity index is 1130. The molecule has 0 spiro atoms. The van der Waals surface area contributed by atoms with Crippen molar-refractivity contribution in [2.24, 2.45) is 5.92 Å². The Hall–Kier alpha value is -2.41. The van der Waals surface area contributed by atoms with E-state index in [1.54, 1.807) is 38.1 Å². The number of halogens is 1. The van der Waals surface area contributed by atoms with Gasteiger partial charge in [-0.2, -0.15) is 9.29 Å². The summed E-state index contributed by atoms with van der Waals surface area (Å²) in [5, 5.41) is 14.4. The second-order valence-corrected chi connectivity index (χ2v) is 9.93. The molecule has 0 bridgehead atoms. The van der Waals surface area contributed by atoms with E-state index in [9.17, 15) is 13.2 Å². The topological polar surface area (TPSA) is 131 Å². The highest BCUT2D eigenvalue weighted by Crippen LogP contribution is 2.25. The standard InChI is InChI=1S/C16H17ClN6O4S2/c1-9(2)14(24)19-15-20-21-16(28-15)29(25,26)23(3)8-12-18-13(22-27-12)10-5-4-6-11(17)7-10/h4-7,9H,8H2,1-3H3,(H,19,20,24). The van der Waals surface area contributed by atoms with E-state index < -0.39 is 10.0 Å². The van der Waals surface area contributed by atoms with Crippen LogP contribution < -0.4 is 5.32 Å². The molecule has 0 aliphatic rings. The Morgan fingerprint density at radius 2 is 2.10 bits per heavy atom. The fraction of sp³-hybridized carbons (Fsp3) is 0.312. The molecule has 10 nitrogen and oxygen atoms in total. The summed E-state index contributed by atoms with van der Waals surface area (Å²) in [6, 6.07) is 6.89. The van der Waals surface area contributed by atoms with Gasteiger partial charge in [-0.05, 0) is 12.1 Å². The molecule has 3 aromatic rings. The van der Waals surface area contributed by atoms with Crippen LogP contribution in [0.4, 0.5) is 5.13 Å². The first-order chi connectivity index (χ1) is 13.7. The second kappa shape index (κ2) is 8.53. The number of nitrogens with one attached hydrogen (secondary N) is 1. The first-order valence-corrected chi connectivity index (χ1v) is 11.0. The third kappa shape index (κ3) is 4.96. The molecule has 0 aliphatic carbocycles. The third-order valence-electron chi connectivity index (χ3n) is 3.70. The summed E-state index contributed by atoms with van der Waals surface area (Å²) >= 11 is 6.72. The highest BCUT2D eigenvalue weighted by atomic mass is 35.5. The fourth-order valence-electron chi connectivity index (χ4n) is 2.09. The maximum atomic E-state index is 12.7. The van der Waals surface area contributed by atoms with Crippen LogP contribution in [0.3, 0.4) is 0 Å². The van der Waals surface area contributed by atoms with Crippen molar-refractivity contribution in [1.82, 2.24) is 24.6 Å². The Kier molecular flexibility index (Phi) is 6.27. The van der Waals surface area contributed by atoms with Crippen LogP contribution in [-0.2, 0) is 21.4 Å². The first kappa shape index (κ1) is 21.3. The number of carbonyl (C=O) groups excluding carboxylic acids is 1. The molecule has 0 radical (unpaired) electrons. The van der Waals surface area contributed by atoms with Gasteiger partial charge in [-0.3, -0.25) is 4.79 Å². The SMILES string of the molecule is CC(C)C(=O)Nc1nnc(S(=O)(=O)N(C)Cc2nc(-c3cccc(Cl)c3)no2)s1. The summed E-state index contributed by atoms with van der Waals surface area (Å²) in [5.74, 6) is -0.155. The normalized spacial score (nSPS) is 11.9. The smallest absolute Gasteiger partial charge is 0.272 e. The summed E-state index contributed by atoms with van der Waals surface area (Å²) in [6.07, 6.45) is 0. The molecule has 1 N–H and O–H groups in total. The number of anilines is 1. The molecular formula is C16H17ClN6O4S2. The van der Waals surface area contributed by atoms with Gasteiger partial charge in [0, 0.05) is 23.6 Å². The molecule has 0 aliphatic heterocycles. The van der Waals surface area contributed by atoms with Gasteiger partial charge in [-0.1, -0.05) is 54.1 Å². The average molecular weight is 457 g/mol. The number of amides is 1. The fourth-order valence-corrected chi connectivity index (χ4v) is 4.49. The van der Waals surface area contributed by atoms with Crippen LogP contribution in [0.5, 0.6) is 0 Å². The average Bonchev–Trinajstić information content (AvgIpc) is 3.31. The van der Waals surface area contributed by atoms with Crippen LogP contribution in [-0.4, -0.2) is 46.0 Å². The zero-order chi connectivity index (χ0) is 21.2. The maximum absolute atomic E-state index is 12.7. The van der Waals surface area contributed by atoms with Gasteiger partial charge in [0.1, 0.15) is 0 Å². The van der Waals surface area contributed by atoms with Gasteiger partial charge in [-0.25, -0.2) is 8.42 Å². The number of aromatic nitrogens is 4. The molecule has 0 fully saturated rings. The van der Waals surface area contributed by atoms with Crippen molar-refractivity contribution in [3.05, 3.63) is 35.2 Å². The van der Waals surface area contributed by atoms with Crippen molar-refractivity contribution in [3.8, 4) is 11.4 Å². The molecule has 0 saturated carbocycles. The van der Waals surface area contributed by atoms with Gasteiger partial charge in [0.05, 0.1) is 6.54 Å². The van der Waals surface area contributed by atoms with Gasteiger partial charge in [-0.15, -0.1) is 10.2 Å². The number of carbonyl (C=O) groups is 1. The van der Waals surface area contributed by atoms with Crippen LogP contribution in [0.1, 0.15) is 19.7 Å². The third-order valence-corrected chi connectivity index (χ3v) is 6.92. The Balaban J connectivity index is 1.72. The molecule has 2 aromatic heterocycles. The van der Waals surface area contributed by atoms with E-state index in [4.69, 9.17) is 16.1 Å². The summed E-state index contributed by atoms with van der Waals surface area (Å²) in [7, 11) is -2.60. The predicted octanol–water partition coefficient (Wildman–Crippen LogP) is 2.66. The molecule has 2 heterocycles. The van der Waals surface area contributed by atoms with Crippen LogP contribution in [0.15, 0.2) is 33.1 Å². The van der Waals surface area contributed by atoms with Crippen molar-refractivity contribution >= 4 is 44.0 Å². The van der Waals surface area contributed by atoms with Crippen molar-refractivity contribution in [2.45, 2.75) is 24.7 Å². The highest BCUT2D eigenvalue weighted by Gasteiger charge is 2.28. The number of benzene rings is 1. The lowest BCUT2D eigenvalue weighted by Crippen LogP contribution is -2.26. The molecule has 3 rings (SSSR count). The van der Waals surface area contributed by atoms with Gasteiger partial charge < -0.3 is 9.84 Å². The van der Waals surface area contributed by atoms with E-state index >= 15 is 0 Å². The van der Waals surface area contributed by atoms with E-state index in [-0.39, 0.29) is 33.7 Å². The molecule has 0 unspecified atom stereocenters. The molecule has 154 valence electrons. The minimum Gasteiger partial charge on any atom is -0.338 e. The van der Waals surface area contributed by atoms with Crippen LogP contribution in [0.2, 0.25) is 5.02 Å². The summed E-state index contributed by atoms with van der Waals surface area (Å²) < 4.78 is 31.3. The quantitative estimate of drug-likeness (QED) is 0.536. The summed E-state index contributed by atoms with van der Waals surface area (Å²) in [6.45, 7) is 3.26. The van der Waals surface area contributed by atoms with E-state index in [2.05, 4.69) is 25.7 Å². The van der Waals surface area contributed by atoms with Crippen molar-refractivity contribution in [2.75, 3.05) is 12.4 Å². The number of hydrogen-bond acceptors (Lipinski definition) is 9. The number of sulfonamides is 1. The van der Waals surface area contributed by atoms with Crippen molar-refractivity contribution in [1.29, 1.82) is 0 Å². The number of rotatable bonds is 7. The number of nitrogens with zero attached hydrogens (tertiary/aromatic N) is 5. The van der Waals surface area contributed by atoms with E-state index in [1.807, 2.05) is 0 Å². The molecule has 1 aromatic carbocycles. The summed E-state index contributed by atoms with van der Waals surface area (Å²) in [4.78, 5) is 15.9. The van der Waals surface area contributed by atoms with E-state index in [1.165, 1.54) is 7.05 Å². The molecular weight excluding hydrogens is 440 g/mol. The predicted molar refractivity (Wildman–Crippen MR) is 107 cm³/mol.